The predicted octanol–water partition coefficient (Wildman–Crippen LogP) is 1.43. The first-order valence-electron chi connectivity index (χ1n) is 4.28. The average molecular weight is 317 g/mol. The third kappa shape index (κ3) is 2.58. The number of halogens is 1. The molecule has 0 unspecified atom stereocenters. The molecule has 0 spiro atoms. The molecule has 10 heteroatoms. The summed E-state index contributed by atoms with van der Waals surface area (Å²) >= 11 is 4.43. The summed E-state index contributed by atoms with van der Waals surface area (Å²) in [5.41, 5.74) is -0.0719. The lowest BCUT2D eigenvalue weighted by molar-refractivity contribution is -0.385. The summed E-state index contributed by atoms with van der Waals surface area (Å²) < 4.78 is 2.01. The lowest BCUT2D eigenvalue weighted by Gasteiger charge is -2.01. The van der Waals surface area contributed by atoms with Crippen molar-refractivity contribution in [1.29, 1.82) is 0 Å². The predicted molar refractivity (Wildman–Crippen MR) is 61.5 cm³/mol. The maximum Gasteiger partial charge on any atom is 0.288 e. The quantitative estimate of drug-likeness (QED) is 0.623. The summed E-state index contributed by atoms with van der Waals surface area (Å²) in [6, 6.07) is 1.39. The molecule has 2 aromatic heterocycles. The SMILES string of the molecule is Cn1nnnc1Sc1ncc([N+](=O)[O-])cc1Br. The van der Waals surface area contributed by atoms with E-state index in [1.807, 2.05) is 0 Å². The molecular weight excluding hydrogens is 312 g/mol. The van der Waals surface area contributed by atoms with Crippen molar-refractivity contribution < 1.29 is 4.92 Å². The van der Waals surface area contributed by atoms with Crippen molar-refractivity contribution in [2.45, 2.75) is 10.2 Å². The number of aryl methyl sites for hydroxylation is 1. The number of tetrazole rings is 1. The normalized spacial score (nSPS) is 10.5. The first-order valence-corrected chi connectivity index (χ1v) is 5.89. The maximum atomic E-state index is 10.5. The van der Waals surface area contributed by atoms with E-state index >= 15 is 0 Å². The first kappa shape index (κ1) is 11.9. The van der Waals surface area contributed by atoms with Gasteiger partial charge in [-0.1, -0.05) is 0 Å². The van der Waals surface area contributed by atoms with Crippen LogP contribution in [0.25, 0.3) is 0 Å². The van der Waals surface area contributed by atoms with Gasteiger partial charge >= 0.3 is 0 Å². The summed E-state index contributed by atoms with van der Waals surface area (Å²) in [5, 5.41) is 22.6. The van der Waals surface area contributed by atoms with Crippen molar-refractivity contribution in [3.8, 4) is 0 Å². The highest BCUT2D eigenvalue weighted by atomic mass is 79.9. The van der Waals surface area contributed by atoms with E-state index in [0.717, 1.165) is 0 Å². The highest BCUT2D eigenvalue weighted by Crippen LogP contribution is 2.31. The van der Waals surface area contributed by atoms with E-state index in [0.29, 0.717) is 14.7 Å². The van der Waals surface area contributed by atoms with Crippen molar-refractivity contribution >= 4 is 33.4 Å². The van der Waals surface area contributed by atoms with Crippen LogP contribution in [0.15, 0.2) is 26.9 Å². The molecule has 0 atom stereocenters. The van der Waals surface area contributed by atoms with Crippen molar-refractivity contribution in [2.75, 3.05) is 0 Å². The number of nitro groups is 1. The van der Waals surface area contributed by atoms with Gasteiger partial charge in [0, 0.05) is 13.1 Å². The molecule has 0 aromatic carbocycles. The lowest BCUT2D eigenvalue weighted by Crippen LogP contribution is -1.95. The van der Waals surface area contributed by atoms with Crippen LogP contribution in [0.5, 0.6) is 0 Å². The van der Waals surface area contributed by atoms with Crippen LogP contribution in [0.2, 0.25) is 0 Å². The molecule has 2 rings (SSSR count). The molecule has 0 bridgehead atoms. The number of rotatable bonds is 3. The zero-order chi connectivity index (χ0) is 12.4. The van der Waals surface area contributed by atoms with Crippen LogP contribution in [0, 0.1) is 10.1 Å². The largest absolute Gasteiger partial charge is 0.288 e. The number of nitrogens with zero attached hydrogens (tertiary/aromatic N) is 6. The topological polar surface area (TPSA) is 99.6 Å². The summed E-state index contributed by atoms with van der Waals surface area (Å²) in [5.74, 6) is 0. The molecule has 0 saturated heterocycles. The monoisotopic (exact) mass is 316 g/mol. The van der Waals surface area contributed by atoms with E-state index in [1.54, 1.807) is 7.05 Å². The smallest absolute Gasteiger partial charge is 0.258 e. The zero-order valence-corrected chi connectivity index (χ0v) is 10.8. The fourth-order valence-electron chi connectivity index (χ4n) is 0.984. The zero-order valence-electron chi connectivity index (χ0n) is 8.44. The average Bonchev–Trinajstić information content (AvgIpc) is 2.67. The lowest BCUT2D eigenvalue weighted by atomic mass is 10.4. The van der Waals surface area contributed by atoms with Gasteiger partial charge in [0.05, 0.1) is 9.40 Å². The van der Waals surface area contributed by atoms with Crippen LogP contribution in [0.4, 0.5) is 5.69 Å². The Labute approximate surface area is 108 Å². The molecule has 0 N–H and O–H groups in total. The Morgan fingerprint density at radius 1 is 1.59 bits per heavy atom. The van der Waals surface area contributed by atoms with E-state index in [-0.39, 0.29) is 5.69 Å². The number of hydrogen-bond donors (Lipinski definition) is 0. The van der Waals surface area contributed by atoms with Gasteiger partial charge in [0.2, 0.25) is 5.16 Å². The van der Waals surface area contributed by atoms with Gasteiger partial charge in [-0.15, -0.1) is 5.10 Å². The Hall–Kier alpha value is -1.55. The third-order valence-electron chi connectivity index (χ3n) is 1.77. The molecule has 0 saturated carbocycles. The van der Waals surface area contributed by atoms with Gasteiger partial charge in [0.1, 0.15) is 11.2 Å². The molecular formula is C7H5BrN6O2S. The minimum atomic E-state index is -0.504. The standard InChI is InChI=1S/C7H5BrN6O2S/c1-13-7(10-11-12-13)17-6-5(8)2-4(3-9-6)14(15)16/h2-3H,1H3. The van der Waals surface area contributed by atoms with E-state index in [4.69, 9.17) is 0 Å². The Morgan fingerprint density at radius 2 is 2.35 bits per heavy atom. The van der Waals surface area contributed by atoms with Crippen LogP contribution in [0.3, 0.4) is 0 Å². The minimum Gasteiger partial charge on any atom is -0.258 e. The Bertz CT molecular complexity index is 573. The van der Waals surface area contributed by atoms with Crippen molar-refractivity contribution in [1.82, 2.24) is 25.2 Å². The van der Waals surface area contributed by atoms with Gasteiger partial charge in [-0.25, -0.2) is 9.67 Å². The van der Waals surface area contributed by atoms with Crippen LogP contribution in [-0.2, 0) is 7.05 Å². The van der Waals surface area contributed by atoms with Gasteiger partial charge in [-0.2, -0.15) is 0 Å². The molecule has 0 fully saturated rings. The molecule has 8 nitrogen and oxygen atoms in total. The van der Waals surface area contributed by atoms with Gasteiger partial charge in [-0.3, -0.25) is 10.1 Å². The van der Waals surface area contributed by atoms with Gasteiger partial charge < -0.3 is 0 Å². The Kier molecular flexibility index (Phi) is 3.33. The van der Waals surface area contributed by atoms with Crippen molar-refractivity contribution in [3.63, 3.8) is 0 Å². The second-order valence-corrected chi connectivity index (χ2v) is 4.74. The number of pyridine rings is 1. The van der Waals surface area contributed by atoms with E-state index < -0.39 is 4.92 Å². The molecule has 0 radical (unpaired) electrons. The molecule has 0 aliphatic carbocycles. The highest BCUT2D eigenvalue weighted by molar-refractivity contribution is 9.10. The Morgan fingerprint density at radius 3 is 2.88 bits per heavy atom. The number of aromatic nitrogens is 5. The van der Waals surface area contributed by atoms with Crippen molar-refractivity contribution in [3.05, 3.63) is 26.9 Å². The van der Waals surface area contributed by atoms with Crippen LogP contribution in [0.1, 0.15) is 0 Å². The molecule has 17 heavy (non-hydrogen) atoms. The highest BCUT2D eigenvalue weighted by Gasteiger charge is 2.13. The summed E-state index contributed by atoms with van der Waals surface area (Å²) in [6.07, 6.45) is 1.19. The van der Waals surface area contributed by atoms with Gasteiger partial charge in [0.25, 0.3) is 5.69 Å². The van der Waals surface area contributed by atoms with E-state index in [9.17, 15) is 10.1 Å². The van der Waals surface area contributed by atoms with E-state index in [2.05, 4.69) is 36.4 Å². The van der Waals surface area contributed by atoms with Gasteiger partial charge in [-0.05, 0) is 38.1 Å². The molecule has 2 aromatic rings. The second-order valence-electron chi connectivity index (χ2n) is 2.92. The fraction of sp³-hybridized carbons (Fsp3) is 0.143. The molecule has 2 heterocycles. The summed E-state index contributed by atoms with van der Waals surface area (Å²) in [4.78, 5) is 14.0. The number of hydrogen-bond acceptors (Lipinski definition) is 7. The first-order chi connectivity index (χ1) is 8.08. The van der Waals surface area contributed by atoms with Crippen molar-refractivity contribution in [2.24, 2.45) is 7.05 Å². The van der Waals surface area contributed by atoms with E-state index in [1.165, 1.54) is 28.7 Å². The maximum absolute atomic E-state index is 10.5. The second kappa shape index (κ2) is 4.75. The molecule has 0 aliphatic heterocycles. The van der Waals surface area contributed by atoms with Crippen LogP contribution < -0.4 is 0 Å². The van der Waals surface area contributed by atoms with Gasteiger partial charge in [0.15, 0.2) is 0 Å². The molecule has 0 amide bonds. The third-order valence-corrected chi connectivity index (χ3v) is 3.69. The minimum absolute atomic E-state index is 0.0719. The molecule has 88 valence electrons. The Balaban J connectivity index is 2.29. The summed E-state index contributed by atoms with van der Waals surface area (Å²) in [7, 11) is 1.70. The molecule has 0 aliphatic rings. The fourth-order valence-corrected chi connectivity index (χ4v) is 2.24. The van der Waals surface area contributed by atoms with Crippen LogP contribution >= 0.6 is 27.7 Å². The van der Waals surface area contributed by atoms with Crippen LogP contribution in [-0.4, -0.2) is 30.1 Å². The summed E-state index contributed by atoms with van der Waals surface area (Å²) in [6.45, 7) is 0.